The first-order chi connectivity index (χ1) is 10.0. The number of nitrogens with one attached hydrogen (secondary N) is 1. The predicted octanol–water partition coefficient (Wildman–Crippen LogP) is 3.06. The number of urea groups is 1. The molecule has 1 atom stereocenters. The number of aromatic nitrogens is 1. The van der Waals surface area contributed by atoms with E-state index in [2.05, 4.69) is 24.1 Å². The van der Waals surface area contributed by atoms with Crippen molar-refractivity contribution >= 4 is 11.8 Å². The van der Waals surface area contributed by atoms with E-state index in [0.29, 0.717) is 18.3 Å². The lowest BCUT2D eigenvalue weighted by molar-refractivity contribution is 0.0547. The molecule has 1 aliphatic heterocycles. The summed E-state index contributed by atoms with van der Waals surface area (Å²) >= 11 is 0. The number of nitrogens with zero attached hydrogens (tertiary/aromatic N) is 2. The molecule has 116 valence electrons. The van der Waals surface area contributed by atoms with Gasteiger partial charge in [0, 0.05) is 25.4 Å². The number of carbonyl (C=O) groups is 1. The molecule has 21 heavy (non-hydrogen) atoms. The molecule has 1 aromatic rings. The summed E-state index contributed by atoms with van der Waals surface area (Å²) in [5.74, 6) is 1.25. The molecule has 0 radical (unpaired) electrons. The Morgan fingerprint density at radius 2 is 2.33 bits per heavy atom. The Labute approximate surface area is 126 Å². The van der Waals surface area contributed by atoms with E-state index in [9.17, 15) is 4.79 Å². The van der Waals surface area contributed by atoms with Gasteiger partial charge in [0.2, 0.25) is 0 Å². The molecule has 1 saturated heterocycles. The summed E-state index contributed by atoms with van der Waals surface area (Å²) in [6, 6.07) is 5.50. The van der Waals surface area contributed by atoms with Gasteiger partial charge in [-0.25, -0.2) is 9.78 Å². The number of hydrogen-bond acceptors (Lipinski definition) is 3. The first-order valence-electron chi connectivity index (χ1n) is 7.66. The van der Waals surface area contributed by atoms with Crippen molar-refractivity contribution < 1.29 is 9.53 Å². The molecule has 0 saturated carbocycles. The van der Waals surface area contributed by atoms with Crippen LogP contribution in [0.15, 0.2) is 18.2 Å². The SMILES string of the molecule is Cc1cccc(NC(=O)N2CCC(OCCC(C)C)C2)n1. The second-order valence-electron chi connectivity index (χ2n) is 6.00. The van der Waals surface area contributed by atoms with Crippen LogP contribution in [0, 0.1) is 12.8 Å². The number of anilines is 1. The Kier molecular flexibility index (Phi) is 5.56. The van der Waals surface area contributed by atoms with Crippen molar-refractivity contribution in [3.05, 3.63) is 23.9 Å². The topological polar surface area (TPSA) is 54.5 Å². The van der Waals surface area contributed by atoms with Crippen LogP contribution in [0.5, 0.6) is 0 Å². The maximum absolute atomic E-state index is 12.2. The van der Waals surface area contributed by atoms with Gasteiger partial charge in [-0.3, -0.25) is 5.32 Å². The highest BCUT2D eigenvalue weighted by Gasteiger charge is 2.26. The van der Waals surface area contributed by atoms with E-state index in [1.807, 2.05) is 19.1 Å². The molecule has 0 spiro atoms. The molecular formula is C16H25N3O2. The van der Waals surface area contributed by atoms with E-state index in [1.165, 1.54) is 0 Å². The summed E-state index contributed by atoms with van der Waals surface area (Å²) in [5, 5.41) is 2.84. The monoisotopic (exact) mass is 291 g/mol. The van der Waals surface area contributed by atoms with Gasteiger partial charge < -0.3 is 9.64 Å². The van der Waals surface area contributed by atoms with Gasteiger partial charge in [0.1, 0.15) is 5.82 Å². The van der Waals surface area contributed by atoms with Gasteiger partial charge in [-0.15, -0.1) is 0 Å². The van der Waals surface area contributed by atoms with Gasteiger partial charge in [0.25, 0.3) is 0 Å². The van der Waals surface area contributed by atoms with Gasteiger partial charge in [0.15, 0.2) is 0 Å². The number of ether oxygens (including phenoxy) is 1. The van der Waals surface area contributed by atoms with Crippen molar-refractivity contribution in [3.63, 3.8) is 0 Å². The van der Waals surface area contributed by atoms with Crippen LogP contribution in [-0.4, -0.2) is 41.7 Å². The number of rotatable bonds is 5. The number of hydrogen-bond donors (Lipinski definition) is 1. The fraction of sp³-hybridized carbons (Fsp3) is 0.625. The lowest BCUT2D eigenvalue weighted by Gasteiger charge is -2.17. The third kappa shape index (κ3) is 5.01. The molecular weight excluding hydrogens is 266 g/mol. The molecule has 1 aliphatic rings. The van der Waals surface area contributed by atoms with Crippen LogP contribution < -0.4 is 5.32 Å². The Balaban J connectivity index is 1.77. The summed E-state index contributed by atoms with van der Waals surface area (Å²) in [5.41, 5.74) is 0.893. The number of aryl methyl sites for hydroxylation is 1. The van der Waals surface area contributed by atoms with Crippen LogP contribution in [0.25, 0.3) is 0 Å². The summed E-state index contributed by atoms with van der Waals surface area (Å²) in [4.78, 5) is 18.3. The Bertz CT molecular complexity index is 476. The molecule has 2 heterocycles. The summed E-state index contributed by atoms with van der Waals surface area (Å²) in [7, 11) is 0. The van der Waals surface area contributed by atoms with Crippen molar-refractivity contribution in [2.45, 2.75) is 39.7 Å². The lowest BCUT2D eigenvalue weighted by Crippen LogP contribution is -2.34. The standard InChI is InChI=1S/C16H25N3O2/c1-12(2)8-10-21-14-7-9-19(11-14)16(20)18-15-6-4-5-13(3)17-15/h4-6,12,14H,7-11H2,1-3H3,(H,17,18,20). The fourth-order valence-corrected chi connectivity index (χ4v) is 2.32. The van der Waals surface area contributed by atoms with Gasteiger partial charge in [-0.05, 0) is 37.8 Å². The van der Waals surface area contributed by atoms with Gasteiger partial charge >= 0.3 is 6.03 Å². The summed E-state index contributed by atoms with van der Waals surface area (Å²) in [6.45, 7) is 8.46. The number of pyridine rings is 1. The van der Waals surface area contributed by atoms with Crippen LogP contribution >= 0.6 is 0 Å². The predicted molar refractivity (Wildman–Crippen MR) is 83.4 cm³/mol. The first kappa shape index (κ1) is 15.8. The summed E-state index contributed by atoms with van der Waals surface area (Å²) < 4.78 is 5.83. The van der Waals surface area contributed by atoms with E-state index in [1.54, 1.807) is 11.0 Å². The van der Waals surface area contributed by atoms with Crippen LogP contribution in [0.2, 0.25) is 0 Å². The van der Waals surface area contributed by atoms with E-state index in [0.717, 1.165) is 31.7 Å². The molecule has 5 nitrogen and oxygen atoms in total. The summed E-state index contributed by atoms with van der Waals surface area (Å²) in [6.07, 6.45) is 2.14. The lowest BCUT2D eigenvalue weighted by atomic mass is 10.1. The molecule has 5 heteroatoms. The molecule has 2 amide bonds. The Morgan fingerprint density at radius 1 is 1.52 bits per heavy atom. The van der Waals surface area contributed by atoms with E-state index >= 15 is 0 Å². The smallest absolute Gasteiger partial charge is 0.323 e. The number of carbonyl (C=O) groups excluding carboxylic acids is 1. The molecule has 1 aromatic heterocycles. The molecule has 2 rings (SSSR count). The van der Waals surface area contributed by atoms with Gasteiger partial charge in [0.05, 0.1) is 6.10 Å². The van der Waals surface area contributed by atoms with E-state index < -0.39 is 0 Å². The minimum Gasteiger partial charge on any atom is -0.376 e. The van der Waals surface area contributed by atoms with E-state index in [4.69, 9.17) is 4.74 Å². The molecule has 0 bridgehead atoms. The minimum absolute atomic E-state index is 0.0944. The van der Waals surface area contributed by atoms with Crippen LogP contribution in [0.3, 0.4) is 0 Å². The zero-order valence-electron chi connectivity index (χ0n) is 13.1. The quantitative estimate of drug-likeness (QED) is 0.907. The first-order valence-corrected chi connectivity index (χ1v) is 7.66. The highest BCUT2D eigenvalue weighted by molar-refractivity contribution is 5.88. The van der Waals surface area contributed by atoms with Crippen molar-refractivity contribution in [1.29, 1.82) is 0 Å². The van der Waals surface area contributed by atoms with Crippen molar-refractivity contribution in [3.8, 4) is 0 Å². The molecule has 1 N–H and O–H groups in total. The van der Waals surface area contributed by atoms with Crippen molar-refractivity contribution in [2.24, 2.45) is 5.92 Å². The van der Waals surface area contributed by atoms with Crippen LogP contribution in [0.1, 0.15) is 32.4 Å². The molecule has 1 fully saturated rings. The highest BCUT2D eigenvalue weighted by atomic mass is 16.5. The van der Waals surface area contributed by atoms with E-state index in [-0.39, 0.29) is 12.1 Å². The maximum Gasteiger partial charge on any atom is 0.323 e. The maximum atomic E-state index is 12.2. The second-order valence-corrected chi connectivity index (χ2v) is 6.00. The average Bonchev–Trinajstić information content (AvgIpc) is 2.87. The number of amides is 2. The van der Waals surface area contributed by atoms with Gasteiger partial charge in [-0.1, -0.05) is 19.9 Å². The largest absolute Gasteiger partial charge is 0.376 e. The average molecular weight is 291 g/mol. The molecule has 0 aromatic carbocycles. The Morgan fingerprint density at radius 3 is 3.05 bits per heavy atom. The zero-order valence-corrected chi connectivity index (χ0v) is 13.1. The van der Waals surface area contributed by atoms with Crippen LogP contribution in [0.4, 0.5) is 10.6 Å². The van der Waals surface area contributed by atoms with Gasteiger partial charge in [-0.2, -0.15) is 0 Å². The second kappa shape index (κ2) is 7.41. The third-order valence-corrected chi connectivity index (χ3v) is 3.60. The van der Waals surface area contributed by atoms with Crippen LogP contribution in [-0.2, 0) is 4.74 Å². The zero-order chi connectivity index (χ0) is 15.2. The minimum atomic E-state index is -0.0944. The fourth-order valence-electron chi connectivity index (χ4n) is 2.32. The Hall–Kier alpha value is -1.62. The molecule has 0 aliphatic carbocycles. The normalized spacial score (nSPS) is 18.3. The van der Waals surface area contributed by atoms with Crippen molar-refractivity contribution in [2.75, 3.05) is 25.0 Å². The third-order valence-electron chi connectivity index (χ3n) is 3.60. The van der Waals surface area contributed by atoms with Crippen molar-refractivity contribution in [1.82, 2.24) is 9.88 Å². The number of likely N-dealkylation sites (tertiary alicyclic amines) is 1. The highest BCUT2D eigenvalue weighted by Crippen LogP contribution is 2.15. The molecule has 1 unspecified atom stereocenters.